The molecule has 0 unspecified atom stereocenters. The molecule has 0 atom stereocenters. The van der Waals surface area contributed by atoms with Crippen LogP contribution < -0.4 is 0 Å². The normalized spacial score (nSPS) is 26.8. The zero-order chi connectivity index (χ0) is 11.6. The van der Waals surface area contributed by atoms with Crippen LogP contribution in [0.5, 0.6) is 0 Å². The summed E-state index contributed by atoms with van der Waals surface area (Å²) in [5.74, 6) is 0.652. The van der Waals surface area contributed by atoms with Gasteiger partial charge in [0.05, 0.1) is 18.8 Å². The largest absolute Gasteiger partial charge is 0.377 e. The van der Waals surface area contributed by atoms with Crippen molar-refractivity contribution in [2.45, 2.75) is 51.5 Å². The van der Waals surface area contributed by atoms with Gasteiger partial charge < -0.3 is 9.64 Å². The van der Waals surface area contributed by atoms with Gasteiger partial charge in [0.25, 0.3) is 0 Å². The van der Waals surface area contributed by atoms with Crippen LogP contribution in [0, 0.1) is 5.92 Å². The van der Waals surface area contributed by atoms with Gasteiger partial charge in [0.15, 0.2) is 0 Å². The molecule has 1 heterocycles. The van der Waals surface area contributed by atoms with Crippen LogP contribution in [-0.4, -0.2) is 36.1 Å². The van der Waals surface area contributed by atoms with Crippen molar-refractivity contribution in [1.82, 2.24) is 4.90 Å². The SMILES string of the molecule is CC1(C)COCCN1C(=O)C1CCCCC1. The number of carbonyl (C=O) groups is 1. The van der Waals surface area contributed by atoms with E-state index in [2.05, 4.69) is 13.8 Å². The molecule has 3 heteroatoms. The van der Waals surface area contributed by atoms with Crippen LogP contribution in [-0.2, 0) is 9.53 Å². The van der Waals surface area contributed by atoms with Gasteiger partial charge >= 0.3 is 0 Å². The van der Waals surface area contributed by atoms with E-state index in [1.807, 2.05) is 4.90 Å². The first kappa shape index (κ1) is 11.9. The topological polar surface area (TPSA) is 29.5 Å². The molecular formula is C13H23NO2. The summed E-state index contributed by atoms with van der Waals surface area (Å²) in [5, 5.41) is 0. The number of amides is 1. The van der Waals surface area contributed by atoms with E-state index in [4.69, 9.17) is 4.74 Å². The van der Waals surface area contributed by atoms with Crippen molar-refractivity contribution in [3.63, 3.8) is 0 Å². The molecule has 0 N–H and O–H groups in total. The summed E-state index contributed by atoms with van der Waals surface area (Å²) in [5.41, 5.74) is -0.118. The molecule has 1 saturated heterocycles. The fourth-order valence-corrected chi connectivity index (χ4v) is 2.84. The minimum atomic E-state index is -0.118. The monoisotopic (exact) mass is 225 g/mol. The van der Waals surface area contributed by atoms with E-state index in [1.54, 1.807) is 0 Å². The number of rotatable bonds is 1. The Morgan fingerprint density at radius 2 is 1.94 bits per heavy atom. The van der Waals surface area contributed by atoms with E-state index in [1.165, 1.54) is 19.3 Å². The lowest BCUT2D eigenvalue weighted by Crippen LogP contribution is -2.57. The summed E-state index contributed by atoms with van der Waals surface area (Å²) in [4.78, 5) is 14.5. The highest BCUT2D eigenvalue weighted by Gasteiger charge is 2.37. The Morgan fingerprint density at radius 1 is 1.25 bits per heavy atom. The van der Waals surface area contributed by atoms with E-state index < -0.39 is 0 Å². The minimum Gasteiger partial charge on any atom is -0.377 e. The van der Waals surface area contributed by atoms with Crippen molar-refractivity contribution in [3.8, 4) is 0 Å². The number of hydrogen-bond donors (Lipinski definition) is 0. The molecule has 16 heavy (non-hydrogen) atoms. The maximum Gasteiger partial charge on any atom is 0.226 e. The summed E-state index contributed by atoms with van der Waals surface area (Å²) in [7, 11) is 0. The first-order valence-corrected chi connectivity index (χ1v) is 6.50. The van der Waals surface area contributed by atoms with Crippen molar-refractivity contribution >= 4 is 5.91 Å². The van der Waals surface area contributed by atoms with E-state index >= 15 is 0 Å². The van der Waals surface area contributed by atoms with E-state index in [0.717, 1.165) is 19.4 Å². The van der Waals surface area contributed by atoms with Crippen LogP contribution in [0.4, 0.5) is 0 Å². The van der Waals surface area contributed by atoms with Gasteiger partial charge in [0.2, 0.25) is 5.91 Å². The zero-order valence-corrected chi connectivity index (χ0v) is 10.5. The molecule has 0 radical (unpaired) electrons. The molecule has 0 spiro atoms. The van der Waals surface area contributed by atoms with Crippen molar-refractivity contribution < 1.29 is 9.53 Å². The highest BCUT2D eigenvalue weighted by molar-refractivity contribution is 5.79. The van der Waals surface area contributed by atoms with E-state index in [9.17, 15) is 4.79 Å². The molecule has 1 aliphatic heterocycles. The maximum absolute atomic E-state index is 12.4. The lowest BCUT2D eigenvalue weighted by atomic mass is 9.87. The predicted octanol–water partition coefficient (Wildman–Crippen LogP) is 2.20. The van der Waals surface area contributed by atoms with Crippen LogP contribution in [0.25, 0.3) is 0 Å². The Hall–Kier alpha value is -0.570. The fourth-order valence-electron chi connectivity index (χ4n) is 2.84. The predicted molar refractivity (Wildman–Crippen MR) is 63.2 cm³/mol. The average molecular weight is 225 g/mol. The third kappa shape index (κ3) is 2.40. The van der Waals surface area contributed by atoms with Crippen LogP contribution in [0.2, 0.25) is 0 Å². The molecule has 2 rings (SSSR count). The molecule has 0 bridgehead atoms. The second-order valence-corrected chi connectivity index (χ2v) is 5.69. The standard InChI is InChI=1S/C13H23NO2/c1-13(2)10-16-9-8-14(13)12(15)11-6-4-3-5-7-11/h11H,3-10H2,1-2H3. The third-order valence-corrected chi connectivity index (χ3v) is 3.87. The number of carbonyl (C=O) groups excluding carboxylic acids is 1. The van der Waals surface area contributed by atoms with Gasteiger partial charge in [-0.2, -0.15) is 0 Å². The Balaban J connectivity index is 2.01. The Bertz CT molecular complexity index is 257. The van der Waals surface area contributed by atoms with Gasteiger partial charge in [-0.25, -0.2) is 0 Å². The second kappa shape index (κ2) is 4.74. The Labute approximate surface area is 98.1 Å². The van der Waals surface area contributed by atoms with Gasteiger partial charge in [0, 0.05) is 12.5 Å². The number of hydrogen-bond acceptors (Lipinski definition) is 2. The molecule has 0 aromatic heterocycles. The second-order valence-electron chi connectivity index (χ2n) is 5.69. The quantitative estimate of drug-likeness (QED) is 0.684. The van der Waals surface area contributed by atoms with Gasteiger partial charge in [0.1, 0.15) is 0 Å². The van der Waals surface area contributed by atoms with Crippen molar-refractivity contribution in [3.05, 3.63) is 0 Å². The third-order valence-electron chi connectivity index (χ3n) is 3.87. The Kier molecular flexibility index (Phi) is 3.53. The number of ether oxygens (including phenoxy) is 1. The summed E-state index contributed by atoms with van der Waals surface area (Å²) in [6.45, 7) is 6.34. The molecule has 0 aromatic rings. The first-order valence-electron chi connectivity index (χ1n) is 6.50. The van der Waals surface area contributed by atoms with Crippen molar-refractivity contribution in [2.75, 3.05) is 19.8 Å². The highest BCUT2D eigenvalue weighted by atomic mass is 16.5. The molecule has 2 fully saturated rings. The summed E-state index contributed by atoms with van der Waals surface area (Å²) >= 11 is 0. The first-order chi connectivity index (χ1) is 7.61. The molecule has 92 valence electrons. The van der Waals surface area contributed by atoms with Crippen molar-refractivity contribution in [1.29, 1.82) is 0 Å². The lowest BCUT2D eigenvalue weighted by Gasteiger charge is -2.44. The van der Waals surface area contributed by atoms with Gasteiger partial charge in [-0.05, 0) is 26.7 Å². The van der Waals surface area contributed by atoms with E-state index in [-0.39, 0.29) is 11.5 Å². The van der Waals surface area contributed by atoms with E-state index in [0.29, 0.717) is 19.1 Å². The molecule has 2 aliphatic rings. The highest BCUT2D eigenvalue weighted by Crippen LogP contribution is 2.29. The van der Waals surface area contributed by atoms with Crippen LogP contribution >= 0.6 is 0 Å². The van der Waals surface area contributed by atoms with Crippen LogP contribution in [0.3, 0.4) is 0 Å². The molecule has 1 saturated carbocycles. The molecule has 1 amide bonds. The summed E-state index contributed by atoms with van der Waals surface area (Å²) in [6.07, 6.45) is 5.93. The van der Waals surface area contributed by atoms with Gasteiger partial charge in [-0.15, -0.1) is 0 Å². The van der Waals surface area contributed by atoms with Crippen LogP contribution in [0.15, 0.2) is 0 Å². The fraction of sp³-hybridized carbons (Fsp3) is 0.923. The molecule has 3 nitrogen and oxygen atoms in total. The Morgan fingerprint density at radius 3 is 2.56 bits per heavy atom. The van der Waals surface area contributed by atoms with Gasteiger partial charge in [-0.3, -0.25) is 4.79 Å². The summed E-state index contributed by atoms with van der Waals surface area (Å²) < 4.78 is 5.46. The summed E-state index contributed by atoms with van der Waals surface area (Å²) in [6, 6.07) is 0. The molecule has 1 aliphatic carbocycles. The average Bonchev–Trinajstić information content (AvgIpc) is 2.29. The number of morpholine rings is 1. The van der Waals surface area contributed by atoms with Crippen LogP contribution in [0.1, 0.15) is 46.0 Å². The maximum atomic E-state index is 12.4. The zero-order valence-electron chi connectivity index (χ0n) is 10.5. The molecule has 0 aromatic carbocycles. The minimum absolute atomic E-state index is 0.118. The van der Waals surface area contributed by atoms with Gasteiger partial charge in [-0.1, -0.05) is 19.3 Å². The van der Waals surface area contributed by atoms with Crippen molar-refractivity contribution in [2.24, 2.45) is 5.92 Å². The smallest absolute Gasteiger partial charge is 0.226 e. The lowest BCUT2D eigenvalue weighted by molar-refractivity contribution is -0.151. The molecular weight excluding hydrogens is 202 g/mol. The number of nitrogens with zero attached hydrogens (tertiary/aromatic N) is 1.